The first-order valence-corrected chi connectivity index (χ1v) is 9.27. The SMILES string of the molecule is O=c1cc(N2CCOCC2)cc(N2CCC[C@@H]2Cc2ccc(F)cc2)[nH]1. The summed E-state index contributed by atoms with van der Waals surface area (Å²) in [6, 6.07) is 10.8. The molecule has 2 aliphatic rings. The number of rotatable bonds is 4. The number of benzene rings is 1. The van der Waals surface area contributed by atoms with Crippen molar-refractivity contribution < 1.29 is 9.13 Å². The summed E-state index contributed by atoms with van der Waals surface area (Å²) in [6.07, 6.45) is 3.01. The van der Waals surface area contributed by atoms with Crippen molar-refractivity contribution in [1.29, 1.82) is 0 Å². The molecule has 4 rings (SSSR count). The van der Waals surface area contributed by atoms with Gasteiger partial charge in [-0.3, -0.25) is 4.79 Å². The van der Waals surface area contributed by atoms with Crippen molar-refractivity contribution in [3.05, 3.63) is 58.1 Å². The van der Waals surface area contributed by atoms with Crippen molar-refractivity contribution in [2.45, 2.75) is 25.3 Å². The molecular formula is C20H24FN3O2. The van der Waals surface area contributed by atoms with E-state index in [0.29, 0.717) is 19.3 Å². The zero-order chi connectivity index (χ0) is 17.9. The standard InChI is InChI=1S/C20H24FN3O2/c21-16-5-3-15(4-6-16)12-17-2-1-7-24(17)19-13-18(14-20(25)22-19)23-8-10-26-11-9-23/h3-6,13-14,17H,1-2,7-12H2,(H,22,25)/t17-/m1/s1. The Morgan fingerprint density at radius 1 is 1.12 bits per heavy atom. The highest BCUT2D eigenvalue weighted by atomic mass is 19.1. The molecule has 0 aliphatic carbocycles. The highest BCUT2D eigenvalue weighted by Gasteiger charge is 2.26. The average Bonchev–Trinajstić information content (AvgIpc) is 3.12. The number of H-pyrrole nitrogens is 1. The fraction of sp³-hybridized carbons (Fsp3) is 0.450. The summed E-state index contributed by atoms with van der Waals surface area (Å²) in [5, 5.41) is 0. The van der Waals surface area contributed by atoms with Crippen molar-refractivity contribution >= 4 is 11.5 Å². The number of morpholine rings is 1. The van der Waals surface area contributed by atoms with E-state index < -0.39 is 0 Å². The molecule has 1 atom stereocenters. The summed E-state index contributed by atoms with van der Waals surface area (Å²) in [5.41, 5.74) is 2.01. The van der Waals surface area contributed by atoms with Crippen molar-refractivity contribution in [2.75, 3.05) is 42.6 Å². The normalized spacial score (nSPS) is 20.6. The zero-order valence-corrected chi connectivity index (χ0v) is 14.8. The molecule has 0 unspecified atom stereocenters. The van der Waals surface area contributed by atoms with Crippen molar-refractivity contribution in [3.8, 4) is 0 Å². The molecule has 26 heavy (non-hydrogen) atoms. The Hall–Kier alpha value is -2.34. The molecule has 0 saturated carbocycles. The van der Waals surface area contributed by atoms with Gasteiger partial charge in [0.25, 0.3) is 5.56 Å². The number of nitrogens with zero attached hydrogens (tertiary/aromatic N) is 2. The molecule has 6 heteroatoms. The Morgan fingerprint density at radius 2 is 1.88 bits per heavy atom. The van der Waals surface area contributed by atoms with Crippen molar-refractivity contribution in [1.82, 2.24) is 4.98 Å². The van der Waals surface area contributed by atoms with E-state index in [0.717, 1.165) is 56.0 Å². The molecule has 1 aromatic carbocycles. The van der Waals surface area contributed by atoms with E-state index >= 15 is 0 Å². The van der Waals surface area contributed by atoms with E-state index in [1.165, 1.54) is 12.1 Å². The van der Waals surface area contributed by atoms with Crippen LogP contribution in [0, 0.1) is 5.82 Å². The van der Waals surface area contributed by atoms with Gasteiger partial charge >= 0.3 is 0 Å². The Balaban J connectivity index is 1.56. The first-order valence-electron chi connectivity index (χ1n) is 9.27. The van der Waals surface area contributed by atoms with E-state index in [9.17, 15) is 9.18 Å². The number of hydrogen-bond donors (Lipinski definition) is 1. The highest BCUT2D eigenvalue weighted by molar-refractivity contribution is 5.56. The molecule has 3 heterocycles. The Bertz CT molecular complexity index is 799. The minimum atomic E-state index is -0.209. The number of halogens is 1. The number of aromatic nitrogens is 1. The predicted octanol–water partition coefficient (Wildman–Crippen LogP) is 2.56. The summed E-state index contributed by atoms with van der Waals surface area (Å²) >= 11 is 0. The molecule has 0 radical (unpaired) electrons. The van der Waals surface area contributed by atoms with Crippen LogP contribution < -0.4 is 15.4 Å². The molecule has 2 saturated heterocycles. The van der Waals surface area contributed by atoms with Gasteiger partial charge in [0.15, 0.2) is 0 Å². The highest BCUT2D eigenvalue weighted by Crippen LogP contribution is 2.28. The van der Waals surface area contributed by atoms with E-state index in [4.69, 9.17) is 4.74 Å². The lowest BCUT2D eigenvalue weighted by Crippen LogP contribution is -2.37. The second-order valence-corrected chi connectivity index (χ2v) is 7.01. The summed E-state index contributed by atoms with van der Waals surface area (Å²) in [7, 11) is 0. The molecule has 138 valence electrons. The van der Waals surface area contributed by atoms with Gasteiger partial charge in [-0.25, -0.2) is 4.39 Å². The van der Waals surface area contributed by atoms with Gasteiger partial charge in [-0.1, -0.05) is 12.1 Å². The van der Waals surface area contributed by atoms with E-state index in [1.54, 1.807) is 6.07 Å². The van der Waals surface area contributed by atoms with Crippen molar-refractivity contribution in [3.63, 3.8) is 0 Å². The summed E-state index contributed by atoms with van der Waals surface area (Å²) < 4.78 is 18.6. The molecular weight excluding hydrogens is 333 g/mol. The van der Waals surface area contributed by atoms with Gasteiger partial charge < -0.3 is 19.5 Å². The molecule has 1 aromatic heterocycles. The van der Waals surface area contributed by atoms with Crippen LogP contribution in [0.1, 0.15) is 18.4 Å². The molecule has 5 nitrogen and oxygen atoms in total. The second-order valence-electron chi connectivity index (χ2n) is 7.01. The van der Waals surface area contributed by atoms with E-state index in [1.807, 2.05) is 12.1 Å². The third-order valence-corrected chi connectivity index (χ3v) is 5.26. The minimum Gasteiger partial charge on any atom is -0.378 e. The van der Waals surface area contributed by atoms with Crippen LogP contribution in [0.2, 0.25) is 0 Å². The smallest absolute Gasteiger partial charge is 0.251 e. The van der Waals surface area contributed by atoms with Crippen LogP contribution >= 0.6 is 0 Å². The maximum absolute atomic E-state index is 13.1. The molecule has 2 aromatic rings. The van der Waals surface area contributed by atoms with Gasteiger partial charge in [-0.15, -0.1) is 0 Å². The van der Waals surface area contributed by atoms with E-state index in [-0.39, 0.29) is 11.4 Å². The molecule has 0 spiro atoms. The number of hydrogen-bond acceptors (Lipinski definition) is 4. The average molecular weight is 357 g/mol. The summed E-state index contributed by atoms with van der Waals surface area (Å²) in [4.78, 5) is 19.7. The van der Waals surface area contributed by atoms with Crippen LogP contribution in [0.25, 0.3) is 0 Å². The first kappa shape index (κ1) is 17.1. The Labute approximate surface area is 152 Å². The molecule has 2 fully saturated rings. The molecule has 0 bridgehead atoms. The van der Waals surface area contributed by atoms with Crippen LogP contribution in [0.15, 0.2) is 41.2 Å². The largest absolute Gasteiger partial charge is 0.378 e. The maximum Gasteiger partial charge on any atom is 0.251 e. The lowest BCUT2D eigenvalue weighted by Gasteiger charge is -2.31. The van der Waals surface area contributed by atoms with Gasteiger partial charge in [0.1, 0.15) is 11.6 Å². The van der Waals surface area contributed by atoms with Gasteiger partial charge in [-0.2, -0.15) is 0 Å². The maximum atomic E-state index is 13.1. The number of anilines is 2. The Kier molecular flexibility index (Phi) is 4.93. The fourth-order valence-corrected chi connectivity index (χ4v) is 3.93. The third-order valence-electron chi connectivity index (χ3n) is 5.26. The van der Waals surface area contributed by atoms with Gasteiger partial charge in [0.2, 0.25) is 0 Å². The predicted molar refractivity (Wildman–Crippen MR) is 101 cm³/mol. The Morgan fingerprint density at radius 3 is 2.65 bits per heavy atom. The van der Waals surface area contributed by atoms with Crippen LogP contribution in [0.4, 0.5) is 15.9 Å². The number of nitrogens with one attached hydrogen (secondary N) is 1. The number of ether oxygens (including phenoxy) is 1. The zero-order valence-electron chi connectivity index (χ0n) is 14.8. The second kappa shape index (κ2) is 7.50. The van der Waals surface area contributed by atoms with Gasteiger partial charge in [0, 0.05) is 43.5 Å². The minimum absolute atomic E-state index is 0.0728. The number of pyridine rings is 1. The number of aromatic amines is 1. The monoisotopic (exact) mass is 357 g/mol. The van der Waals surface area contributed by atoms with Crippen LogP contribution in [0.5, 0.6) is 0 Å². The van der Waals surface area contributed by atoms with Crippen molar-refractivity contribution in [2.24, 2.45) is 0 Å². The van der Waals surface area contributed by atoms with Crippen LogP contribution in [-0.2, 0) is 11.2 Å². The third kappa shape index (κ3) is 3.75. The summed E-state index contributed by atoms with van der Waals surface area (Å²) in [6.45, 7) is 3.93. The molecule has 1 N–H and O–H groups in total. The topological polar surface area (TPSA) is 48.6 Å². The summed E-state index contributed by atoms with van der Waals surface area (Å²) in [5.74, 6) is 0.670. The van der Waals surface area contributed by atoms with E-state index in [2.05, 4.69) is 20.9 Å². The lowest BCUT2D eigenvalue weighted by atomic mass is 10.0. The van der Waals surface area contributed by atoms with Crippen LogP contribution in [-0.4, -0.2) is 43.9 Å². The van der Waals surface area contributed by atoms with Gasteiger partial charge in [-0.05, 0) is 37.0 Å². The van der Waals surface area contributed by atoms with Crippen LogP contribution in [0.3, 0.4) is 0 Å². The molecule has 0 amide bonds. The molecule has 2 aliphatic heterocycles. The van der Waals surface area contributed by atoms with Gasteiger partial charge in [0.05, 0.1) is 13.2 Å². The fourth-order valence-electron chi connectivity index (χ4n) is 3.93. The first-order chi connectivity index (χ1) is 12.7. The lowest BCUT2D eigenvalue weighted by molar-refractivity contribution is 0.122. The quantitative estimate of drug-likeness (QED) is 0.914.